The zero-order chi connectivity index (χ0) is 17.0. The van der Waals surface area contributed by atoms with Gasteiger partial charge in [-0.15, -0.1) is 0 Å². The number of hydrogen-bond acceptors (Lipinski definition) is 1. The average molecular weight is 382 g/mol. The van der Waals surface area contributed by atoms with E-state index in [-0.39, 0.29) is 11.0 Å². The van der Waals surface area contributed by atoms with Crippen molar-refractivity contribution >= 4 is 21.8 Å². The molecule has 1 amide bonds. The van der Waals surface area contributed by atoms with Gasteiger partial charge in [0.05, 0.1) is 0 Å². The molecular formula is C18H18BrF2NO. The van der Waals surface area contributed by atoms with Crippen LogP contribution < -0.4 is 5.32 Å². The van der Waals surface area contributed by atoms with E-state index >= 15 is 0 Å². The van der Waals surface area contributed by atoms with E-state index in [1.165, 1.54) is 11.6 Å². The van der Waals surface area contributed by atoms with Crippen molar-refractivity contribution in [2.45, 2.75) is 20.3 Å². The van der Waals surface area contributed by atoms with E-state index in [1.807, 2.05) is 38.1 Å². The zero-order valence-electron chi connectivity index (χ0n) is 13.0. The first-order valence-electron chi connectivity index (χ1n) is 7.24. The minimum atomic E-state index is -1.02. The first-order valence-corrected chi connectivity index (χ1v) is 8.04. The van der Waals surface area contributed by atoms with Gasteiger partial charge >= 0.3 is 0 Å². The summed E-state index contributed by atoms with van der Waals surface area (Å²) in [5.41, 5.74) is 1.12. The number of halogens is 3. The third kappa shape index (κ3) is 5.13. The van der Waals surface area contributed by atoms with Gasteiger partial charge in [-0.1, -0.05) is 41.9 Å². The lowest BCUT2D eigenvalue weighted by Gasteiger charge is -2.25. The fraction of sp³-hybridized carbons (Fsp3) is 0.278. The van der Waals surface area contributed by atoms with Crippen molar-refractivity contribution in [1.82, 2.24) is 5.32 Å². The Morgan fingerprint density at radius 1 is 1.09 bits per heavy atom. The highest BCUT2D eigenvalue weighted by atomic mass is 79.9. The number of rotatable bonds is 5. The van der Waals surface area contributed by atoms with Crippen LogP contribution in [0.3, 0.4) is 0 Å². The first kappa shape index (κ1) is 17.6. The van der Waals surface area contributed by atoms with Crippen LogP contribution in [0.1, 0.15) is 29.8 Å². The summed E-state index contributed by atoms with van der Waals surface area (Å²) in [4.78, 5) is 12.0. The van der Waals surface area contributed by atoms with E-state index in [4.69, 9.17) is 0 Å². The predicted molar refractivity (Wildman–Crippen MR) is 90.3 cm³/mol. The number of amides is 1. The van der Waals surface area contributed by atoms with Crippen molar-refractivity contribution in [2.75, 3.05) is 6.54 Å². The van der Waals surface area contributed by atoms with E-state index in [0.717, 1.165) is 23.0 Å². The predicted octanol–water partition coefficient (Wildman–Crippen LogP) is 4.73. The normalized spacial score (nSPS) is 11.3. The maximum absolute atomic E-state index is 13.2. The molecule has 0 atom stereocenters. The molecule has 0 spiro atoms. The number of carbonyl (C=O) groups excluding carboxylic acids is 1. The molecule has 0 aliphatic carbocycles. The summed E-state index contributed by atoms with van der Waals surface area (Å²) in [7, 11) is 0. The molecule has 2 aromatic carbocycles. The van der Waals surface area contributed by atoms with E-state index < -0.39 is 17.5 Å². The Bertz CT molecular complexity index is 699. The molecule has 0 fully saturated rings. The monoisotopic (exact) mass is 381 g/mol. The molecule has 2 aromatic rings. The molecule has 0 bridgehead atoms. The van der Waals surface area contributed by atoms with Gasteiger partial charge in [0.25, 0.3) is 5.91 Å². The average Bonchev–Trinajstić information content (AvgIpc) is 2.50. The number of benzene rings is 2. The van der Waals surface area contributed by atoms with Gasteiger partial charge in [0, 0.05) is 16.6 Å². The second kappa shape index (κ2) is 7.21. The van der Waals surface area contributed by atoms with Gasteiger partial charge in [0.15, 0.2) is 11.6 Å². The minimum absolute atomic E-state index is 0.114. The molecule has 0 aliphatic rings. The largest absolute Gasteiger partial charge is 0.351 e. The Morgan fingerprint density at radius 2 is 1.74 bits per heavy atom. The molecule has 0 unspecified atom stereocenters. The summed E-state index contributed by atoms with van der Waals surface area (Å²) < 4.78 is 27.1. The van der Waals surface area contributed by atoms with Crippen molar-refractivity contribution in [1.29, 1.82) is 0 Å². The topological polar surface area (TPSA) is 29.1 Å². The molecule has 2 rings (SSSR count). The Hall–Kier alpha value is -1.75. The van der Waals surface area contributed by atoms with Gasteiger partial charge in [-0.05, 0) is 47.7 Å². The molecule has 0 radical (unpaired) electrons. The molecule has 0 aromatic heterocycles. The molecular weight excluding hydrogens is 364 g/mol. The summed E-state index contributed by atoms with van der Waals surface area (Å²) in [6, 6.07) is 11.2. The lowest BCUT2D eigenvalue weighted by atomic mass is 9.85. The molecule has 0 aliphatic heterocycles. The van der Waals surface area contributed by atoms with Gasteiger partial charge < -0.3 is 5.32 Å². The molecule has 0 heterocycles. The van der Waals surface area contributed by atoms with Crippen LogP contribution in [0.5, 0.6) is 0 Å². The van der Waals surface area contributed by atoms with E-state index in [9.17, 15) is 13.6 Å². The van der Waals surface area contributed by atoms with Gasteiger partial charge in [0.1, 0.15) is 0 Å². The van der Waals surface area contributed by atoms with Gasteiger partial charge in [-0.3, -0.25) is 4.79 Å². The zero-order valence-corrected chi connectivity index (χ0v) is 14.6. The Labute approximate surface area is 143 Å². The third-order valence-electron chi connectivity index (χ3n) is 3.51. The van der Waals surface area contributed by atoms with Crippen molar-refractivity contribution < 1.29 is 13.6 Å². The Kier molecular flexibility index (Phi) is 5.52. The lowest BCUT2D eigenvalue weighted by Crippen LogP contribution is -2.35. The van der Waals surface area contributed by atoms with Crippen LogP contribution in [0.15, 0.2) is 46.9 Å². The van der Waals surface area contributed by atoms with Crippen LogP contribution in [0, 0.1) is 17.0 Å². The highest BCUT2D eigenvalue weighted by Gasteiger charge is 2.20. The number of hydrogen-bond donors (Lipinski definition) is 1. The van der Waals surface area contributed by atoms with Crippen LogP contribution >= 0.6 is 15.9 Å². The van der Waals surface area contributed by atoms with Gasteiger partial charge in [0.2, 0.25) is 0 Å². The van der Waals surface area contributed by atoms with Crippen LogP contribution in [-0.2, 0) is 6.42 Å². The molecule has 23 heavy (non-hydrogen) atoms. The maximum Gasteiger partial charge on any atom is 0.251 e. The second-order valence-electron chi connectivity index (χ2n) is 6.28. The van der Waals surface area contributed by atoms with Crippen LogP contribution in [0.4, 0.5) is 8.78 Å². The smallest absolute Gasteiger partial charge is 0.251 e. The molecule has 5 heteroatoms. The molecule has 2 nitrogen and oxygen atoms in total. The fourth-order valence-electron chi connectivity index (χ4n) is 2.28. The summed E-state index contributed by atoms with van der Waals surface area (Å²) >= 11 is 3.40. The van der Waals surface area contributed by atoms with Crippen molar-refractivity contribution in [3.63, 3.8) is 0 Å². The SMILES string of the molecule is CC(C)(CNC(=O)c1ccc(F)c(F)c1)Cc1ccc(Br)cc1. The summed E-state index contributed by atoms with van der Waals surface area (Å²) in [6.45, 7) is 4.52. The molecule has 122 valence electrons. The minimum Gasteiger partial charge on any atom is -0.351 e. The molecule has 0 saturated heterocycles. The van der Waals surface area contributed by atoms with Crippen LogP contribution in [0.2, 0.25) is 0 Å². The van der Waals surface area contributed by atoms with Gasteiger partial charge in [-0.25, -0.2) is 8.78 Å². The van der Waals surface area contributed by atoms with Gasteiger partial charge in [-0.2, -0.15) is 0 Å². The number of nitrogens with one attached hydrogen (secondary N) is 1. The third-order valence-corrected chi connectivity index (χ3v) is 4.03. The quantitative estimate of drug-likeness (QED) is 0.796. The van der Waals surface area contributed by atoms with Crippen molar-refractivity contribution in [3.8, 4) is 0 Å². The first-order chi connectivity index (χ1) is 10.8. The summed E-state index contributed by atoms with van der Waals surface area (Å²) in [5.74, 6) is -2.39. The van der Waals surface area contributed by atoms with Crippen molar-refractivity contribution in [2.24, 2.45) is 5.41 Å². The second-order valence-corrected chi connectivity index (χ2v) is 7.19. The Morgan fingerprint density at radius 3 is 2.35 bits per heavy atom. The Balaban J connectivity index is 1.96. The van der Waals surface area contributed by atoms with Crippen molar-refractivity contribution in [3.05, 3.63) is 69.7 Å². The lowest BCUT2D eigenvalue weighted by molar-refractivity contribution is 0.0936. The molecule has 0 saturated carbocycles. The van der Waals surface area contributed by atoms with E-state index in [0.29, 0.717) is 6.54 Å². The summed E-state index contributed by atoms with van der Waals surface area (Å²) in [6.07, 6.45) is 0.790. The maximum atomic E-state index is 13.2. The fourth-order valence-corrected chi connectivity index (χ4v) is 2.54. The summed E-state index contributed by atoms with van der Waals surface area (Å²) in [5, 5.41) is 2.78. The highest BCUT2D eigenvalue weighted by Crippen LogP contribution is 2.22. The molecule has 1 N–H and O–H groups in total. The van der Waals surface area contributed by atoms with Crippen LogP contribution in [0.25, 0.3) is 0 Å². The standard InChI is InChI=1S/C18H18BrF2NO/c1-18(2,10-12-3-6-14(19)7-4-12)11-22-17(23)13-5-8-15(20)16(21)9-13/h3-9H,10-11H2,1-2H3,(H,22,23). The van der Waals surface area contributed by atoms with Crippen LogP contribution in [-0.4, -0.2) is 12.5 Å². The van der Waals surface area contributed by atoms with E-state index in [1.54, 1.807) is 0 Å². The number of carbonyl (C=O) groups is 1. The highest BCUT2D eigenvalue weighted by molar-refractivity contribution is 9.10. The van der Waals surface area contributed by atoms with E-state index in [2.05, 4.69) is 21.2 Å².